The third-order valence-electron chi connectivity index (χ3n) is 6.05. The molecule has 0 radical (unpaired) electrons. The van der Waals surface area contributed by atoms with Crippen molar-refractivity contribution in [1.82, 2.24) is 15.4 Å². The van der Waals surface area contributed by atoms with E-state index in [1.54, 1.807) is 36.9 Å². The first-order valence-electron chi connectivity index (χ1n) is 12.4. The molecule has 0 aliphatic carbocycles. The van der Waals surface area contributed by atoms with Crippen LogP contribution >= 0.6 is 0 Å². The number of methoxy groups -OCH3 is 1. The zero-order valence-electron chi connectivity index (χ0n) is 21.1. The van der Waals surface area contributed by atoms with Gasteiger partial charge in [-0.05, 0) is 43.2 Å². The highest BCUT2D eigenvalue weighted by Gasteiger charge is 2.13. The lowest BCUT2D eigenvalue weighted by atomic mass is 10.0. The molecule has 0 saturated carbocycles. The summed E-state index contributed by atoms with van der Waals surface area (Å²) in [5.74, 6) is 1.36. The standard InChI is InChI=1S/C29H30N4O5/c1-37-25-18-24-23(17-26(25)38-16-8-3-2-7-11-27(34)33-36)29(31-19-30-24)32-22-14-12-21(13-15-22)28(35)20-9-5-4-6-10-20/h4-6,9-10,12-15,17-19,36H,2-3,7-8,11,16H2,1H3,(H,33,34)(H,30,31,32). The second-order valence-electron chi connectivity index (χ2n) is 8.69. The number of carbonyl (C=O) groups excluding carboxylic acids is 2. The third kappa shape index (κ3) is 6.83. The number of hydrogen-bond donors (Lipinski definition) is 3. The second kappa shape index (κ2) is 13.2. The van der Waals surface area contributed by atoms with Crippen molar-refractivity contribution in [3.63, 3.8) is 0 Å². The van der Waals surface area contributed by atoms with E-state index < -0.39 is 0 Å². The van der Waals surface area contributed by atoms with E-state index in [-0.39, 0.29) is 11.7 Å². The van der Waals surface area contributed by atoms with Gasteiger partial charge < -0.3 is 14.8 Å². The molecule has 1 heterocycles. The first kappa shape index (κ1) is 26.6. The fraction of sp³-hybridized carbons (Fsp3) is 0.241. The van der Waals surface area contributed by atoms with Crippen molar-refractivity contribution in [3.05, 3.63) is 84.2 Å². The van der Waals surface area contributed by atoms with Crippen LogP contribution in [0.4, 0.5) is 11.5 Å². The number of hydrogen-bond acceptors (Lipinski definition) is 8. The van der Waals surface area contributed by atoms with E-state index >= 15 is 0 Å². The van der Waals surface area contributed by atoms with Gasteiger partial charge in [-0.25, -0.2) is 15.4 Å². The molecule has 4 rings (SSSR count). The Morgan fingerprint density at radius 1 is 0.868 bits per heavy atom. The number of fused-ring (bicyclic) bond motifs is 1. The molecule has 0 aliphatic heterocycles. The number of unbranched alkanes of at least 4 members (excludes halogenated alkanes) is 3. The van der Waals surface area contributed by atoms with Crippen LogP contribution in [0.1, 0.15) is 48.0 Å². The van der Waals surface area contributed by atoms with Crippen molar-refractivity contribution in [2.24, 2.45) is 0 Å². The maximum absolute atomic E-state index is 12.7. The summed E-state index contributed by atoms with van der Waals surface area (Å²) in [5.41, 5.74) is 4.37. The number of nitrogens with one attached hydrogen (secondary N) is 2. The Morgan fingerprint density at radius 2 is 1.61 bits per heavy atom. The van der Waals surface area contributed by atoms with Crippen LogP contribution in [0.25, 0.3) is 10.9 Å². The monoisotopic (exact) mass is 514 g/mol. The number of amides is 1. The Balaban J connectivity index is 1.43. The van der Waals surface area contributed by atoms with Gasteiger partial charge in [0.05, 0.1) is 19.2 Å². The van der Waals surface area contributed by atoms with Crippen LogP contribution in [0.3, 0.4) is 0 Å². The summed E-state index contributed by atoms with van der Waals surface area (Å²) in [6.45, 7) is 0.488. The first-order chi connectivity index (χ1) is 18.6. The molecule has 0 saturated heterocycles. The highest BCUT2D eigenvalue weighted by molar-refractivity contribution is 6.09. The van der Waals surface area contributed by atoms with Crippen LogP contribution in [0.5, 0.6) is 11.5 Å². The Hall–Kier alpha value is -4.50. The Morgan fingerprint density at radius 3 is 2.34 bits per heavy atom. The van der Waals surface area contributed by atoms with Gasteiger partial charge in [-0.3, -0.25) is 14.8 Å². The molecule has 9 heteroatoms. The predicted octanol–water partition coefficient (Wildman–Crippen LogP) is 5.45. The number of ether oxygens (including phenoxy) is 2. The molecule has 196 valence electrons. The number of rotatable bonds is 13. The Kier molecular flexibility index (Phi) is 9.20. The summed E-state index contributed by atoms with van der Waals surface area (Å²) in [6, 6.07) is 20.1. The van der Waals surface area contributed by atoms with E-state index in [0.29, 0.717) is 53.4 Å². The highest BCUT2D eigenvalue weighted by atomic mass is 16.5. The SMILES string of the molecule is COc1cc2ncnc(Nc3ccc(C(=O)c4ccccc4)cc3)c2cc1OCCCCCCC(=O)NO. The fourth-order valence-electron chi connectivity index (χ4n) is 4.01. The minimum absolute atomic E-state index is 0.0332. The Labute approximate surface area is 220 Å². The molecule has 3 N–H and O–H groups in total. The van der Waals surface area contributed by atoms with E-state index in [2.05, 4.69) is 15.3 Å². The topological polar surface area (TPSA) is 123 Å². The number of aromatic nitrogens is 2. The molecule has 0 aliphatic rings. The molecule has 0 unspecified atom stereocenters. The average Bonchev–Trinajstić information content (AvgIpc) is 2.96. The quantitative estimate of drug-likeness (QED) is 0.0932. The van der Waals surface area contributed by atoms with E-state index in [1.165, 1.54) is 6.33 Å². The molecule has 1 amide bonds. The number of ketones is 1. The number of anilines is 2. The van der Waals surface area contributed by atoms with Crippen LogP contribution < -0.4 is 20.3 Å². The van der Waals surface area contributed by atoms with Gasteiger partial charge in [0.25, 0.3) is 0 Å². The van der Waals surface area contributed by atoms with E-state index in [0.717, 1.165) is 30.3 Å². The molecule has 38 heavy (non-hydrogen) atoms. The molecular weight excluding hydrogens is 484 g/mol. The lowest BCUT2D eigenvalue weighted by molar-refractivity contribution is -0.129. The third-order valence-corrected chi connectivity index (χ3v) is 6.05. The lowest BCUT2D eigenvalue weighted by Gasteiger charge is -2.14. The maximum atomic E-state index is 12.7. The minimum Gasteiger partial charge on any atom is -0.493 e. The van der Waals surface area contributed by atoms with Crippen molar-refractivity contribution >= 4 is 34.1 Å². The zero-order valence-corrected chi connectivity index (χ0v) is 21.1. The summed E-state index contributed by atoms with van der Waals surface area (Å²) in [6.07, 6.45) is 5.06. The van der Waals surface area contributed by atoms with Gasteiger partial charge in [-0.15, -0.1) is 0 Å². The van der Waals surface area contributed by atoms with Gasteiger partial charge in [-0.2, -0.15) is 0 Å². The summed E-state index contributed by atoms with van der Waals surface area (Å²) in [5, 5.41) is 12.6. The number of carbonyl (C=O) groups is 2. The molecule has 9 nitrogen and oxygen atoms in total. The highest BCUT2D eigenvalue weighted by Crippen LogP contribution is 2.35. The van der Waals surface area contributed by atoms with Crippen molar-refractivity contribution < 1.29 is 24.3 Å². The maximum Gasteiger partial charge on any atom is 0.243 e. The van der Waals surface area contributed by atoms with Crippen molar-refractivity contribution in [2.45, 2.75) is 32.1 Å². The summed E-state index contributed by atoms with van der Waals surface area (Å²) >= 11 is 0. The second-order valence-corrected chi connectivity index (χ2v) is 8.69. The van der Waals surface area contributed by atoms with Gasteiger partial charge in [0.15, 0.2) is 17.3 Å². The molecule has 0 spiro atoms. The molecule has 1 aromatic heterocycles. The molecule has 0 bridgehead atoms. The molecule has 0 atom stereocenters. The molecule has 0 fully saturated rings. The van der Waals surface area contributed by atoms with Gasteiger partial charge in [-0.1, -0.05) is 43.2 Å². The smallest absolute Gasteiger partial charge is 0.243 e. The summed E-state index contributed by atoms with van der Waals surface area (Å²) < 4.78 is 11.5. The van der Waals surface area contributed by atoms with Gasteiger partial charge in [0, 0.05) is 34.7 Å². The van der Waals surface area contributed by atoms with Crippen LogP contribution in [0, 0.1) is 0 Å². The normalized spacial score (nSPS) is 10.7. The van der Waals surface area contributed by atoms with E-state index in [9.17, 15) is 9.59 Å². The van der Waals surface area contributed by atoms with Crippen molar-refractivity contribution in [1.29, 1.82) is 0 Å². The van der Waals surface area contributed by atoms with Crippen LogP contribution in [0.2, 0.25) is 0 Å². The van der Waals surface area contributed by atoms with Gasteiger partial charge in [0.1, 0.15) is 12.1 Å². The number of hydroxylamine groups is 1. The molecule has 3 aromatic carbocycles. The lowest BCUT2D eigenvalue weighted by Crippen LogP contribution is -2.17. The Bertz CT molecular complexity index is 1380. The molecule has 4 aromatic rings. The number of benzene rings is 3. The van der Waals surface area contributed by atoms with Crippen LogP contribution in [-0.4, -0.2) is 40.6 Å². The predicted molar refractivity (Wildman–Crippen MR) is 144 cm³/mol. The van der Waals surface area contributed by atoms with E-state index in [4.69, 9.17) is 14.7 Å². The minimum atomic E-state index is -0.370. The van der Waals surface area contributed by atoms with E-state index in [1.807, 2.05) is 42.5 Å². The average molecular weight is 515 g/mol. The molecular formula is C29H30N4O5. The summed E-state index contributed by atoms with van der Waals surface area (Å²) in [4.78, 5) is 32.6. The van der Waals surface area contributed by atoms with Gasteiger partial charge in [0.2, 0.25) is 5.91 Å². The summed E-state index contributed by atoms with van der Waals surface area (Å²) in [7, 11) is 1.58. The first-order valence-corrected chi connectivity index (χ1v) is 12.4. The van der Waals surface area contributed by atoms with Crippen LogP contribution in [-0.2, 0) is 4.79 Å². The largest absolute Gasteiger partial charge is 0.493 e. The van der Waals surface area contributed by atoms with Crippen molar-refractivity contribution in [3.8, 4) is 11.5 Å². The van der Waals surface area contributed by atoms with Crippen LogP contribution in [0.15, 0.2) is 73.1 Å². The van der Waals surface area contributed by atoms with Gasteiger partial charge >= 0.3 is 0 Å². The zero-order chi connectivity index (χ0) is 26.7. The fourth-order valence-corrected chi connectivity index (χ4v) is 4.01. The number of nitrogens with zero attached hydrogens (tertiary/aromatic N) is 2. The van der Waals surface area contributed by atoms with Crippen molar-refractivity contribution in [2.75, 3.05) is 19.0 Å².